The molecule has 3 N–H and O–H groups in total. The number of thiocarbonyl (C=S) groups is 1. The Balaban J connectivity index is 1.39. The number of quaternary nitrogens is 1. The minimum absolute atomic E-state index is 0.0786. The van der Waals surface area contributed by atoms with E-state index in [4.69, 9.17) is 17.0 Å². The Bertz CT molecular complexity index is 648. The van der Waals surface area contributed by atoms with E-state index in [1.807, 2.05) is 32.0 Å². The average Bonchev–Trinajstić information content (AvgIpc) is 3.17. The molecular formula is C20H31N4O2S+. The molecular weight excluding hydrogens is 360 g/mol. The topological polar surface area (TPSA) is 58.0 Å². The number of ether oxygens (including phenoxy) is 1. The van der Waals surface area contributed by atoms with Crippen LogP contribution in [-0.2, 0) is 9.53 Å². The maximum Gasteiger partial charge on any atom is 0.279 e. The Morgan fingerprint density at radius 3 is 2.63 bits per heavy atom. The van der Waals surface area contributed by atoms with E-state index in [1.54, 1.807) is 0 Å². The summed E-state index contributed by atoms with van der Waals surface area (Å²) in [6, 6.07) is 6.07. The van der Waals surface area contributed by atoms with Crippen LogP contribution in [0.1, 0.15) is 24.0 Å². The van der Waals surface area contributed by atoms with Gasteiger partial charge in [-0.3, -0.25) is 4.79 Å². The fraction of sp³-hybridized carbons (Fsp3) is 0.600. The van der Waals surface area contributed by atoms with Gasteiger partial charge in [0.1, 0.15) is 0 Å². The fourth-order valence-corrected chi connectivity index (χ4v) is 4.01. The second kappa shape index (κ2) is 9.48. The number of benzene rings is 1. The zero-order chi connectivity index (χ0) is 19.2. The number of carbonyl (C=O) groups excluding carboxylic acids is 1. The lowest BCUT2D eigenvalue weighted by Crippen LogP contribution is -3.15. The zero-order valence-corrected chi connectivity index (χ0v) is 17.2. The monoisotopic (exact) mass is 391 g/mol. The van der Waals surface area contributed by atoms with Crippen LogP contribution in [0.4, 0.5) is 5.69 Å². The highest BCUT2D eigenvalue weighted by molar-refractivity contribution is 7.80. The molecule has 0 saturated carbocycles. The van der Waals surface area contributed by atoms with E-state index in [2.05, 4.69) is 15.5 Å². The van der Waals surface area contributed by atoms with Crippen LogP contribution in [0.15, 0.2) is 18.2 Å². The summed E-state index contributed by atoms with van der Waals surface area (Å²) >= 11 is 5.52. The third kappa shape index (κ3) is 5.64. The first-order valence-corrected chi connectivity index (χ1v) is 10.3. The summed E-state index contributed by atoms with van der Waals surface area (Å²) < 4.78 is 5.63. The first-order chi connectivity index (χ1) is 13.0. The number of nitrogens with zero attached hydrogens (tertiary/aromatic N) is 1. The molecule has 0 radical (unpaired) electrons. The van der Waals surface area contributed by atoms with Crippen LogP contribution in [0.25, 0.3) is 0 Å². The first kappa shape index (κ1) is 20.0. The van der Waals surface area contributed by atoms with Crippen LogP contribution >= 0.6 is 12.2 Å². The molecule has 2 aliphatic rings. The molecule has 0 bridgehead atoms. The maximum absolute atomic E-state index is 12.5. The van der Waals surface area contributed by atoms with E-state index < -0.39 is 0 Å². The molecule has 0 aliphatic carbocycles. The maximum atomic E-state index is 12.5. The highest BCUT2D eigenvalue weighted by Crippen LogP contribution is 2.18. The number of amides is 1. The third-order valence-corrected chi connectivity index (χ3v) is 5.82. The van der Waals surface area contributed by atoms with Crippen LogP contribution in [0.3, 0.4) is 0 Å². The number of hydrogen-bond donors (Lipinski definition) is 3. The van der Waals surface area contributed by atoms with Gasteiger partial charge >= 0.3 is 0 Å². The van der Waals surface area contributed by atoms with Crippen molar-refractivity contribution in [3.8, 4) is 0 Å². The third-order valence-electron chi connectivity index (χ3n) is 5.42. The Morgan fingerprint density at radius 1 is 1.30 bits per heavy atom. The van der Waals surface area contributed by atoms with Gasteiger partial charge in [0, 0.05) is 18.8 Å². The summed E-state index contributed by atoms with van der Waals surface area (Å²) in [5.74, 6) is 0.0786. The van der Waals surface area contributed by atoms with E-state index in [0.29, 0.717) is 12.6 Å². The van der Waals surface area contributed by atoms with Crippen molar-refractivity contribution in [2.45, 2.75) is 32.8 Å². The number of carbonyl (C=O) groups is 1. The summed E-state index contributed by atoms with van der Waals surface area (Å²) in [5.41, 5.74) is 3.15. The molecule has 2 fully saturated rings. The van der Waals surface area contributed by atoms with E-state index in [-0.39, 0.29) is 5.91 Å². The molecule has 1 aromatic rings. The summed E-state index contributed by atoms with van der Waals surface area (Å²) in [5, 5.41) is 7.23. The first-order valence-electron chi connectivity index (χ1n) is 9.87. The number of para-hydroxylation sites is 1. The highest BCUT2D eigenvalue weighted by atomic mass is 32.1. The van der Waals surface area contributed by atoms with Gasteiger partial charge in [-0.1, -0.05) is 18.2 Å². The van der Waals surface area contributed by atoms with Gasteiger partial charge in [0.25, 0.3) is 5.91 Å². The van der Waals surface area contributed by atoms with Crippen molar-refractivity contribution < 1.29 is 14.4 Å². The fourth-order valence-electron chi connectivity index (χ4n) is 3.74. The summed E-state index contributed by atoms with van der Waals surface area (Å²) in [7, 11) is 0. The molecule has 0 unspecified atom stereocenters. The van der Waals surface area contributed by atoms with Crippen LogP contribution in [0.5, 0.6) is 0 Å². The lowest BCUT2D eigenvalue weighted by Gasteiger charge is -2.33. The van der Waals surface area contributed by atoms with Crippen molar-refractivity contribution in [3.63, 3.8) is 0 Å². The van der Waals surface area contributed by atoms with Gasteiger partial charge in [0.15, 0.2) is 11.7 Å². The minimum atomic E-state index is 0.0786. The summed E-state index contributed by atoms with van der Waals surface area (Å²) in [6.45, 7) is 9.81. The van der Waals surface area contributed by atoms with Crippen molar-refractivity contribution in [2.75, 3.05) is 51.2 Å². The van der Waals surface area contributed by atoms with E-state index >= 15 is 0 Å². The molecule has 1 atom stereocenters. The number of hydrogen-bond acceptors (Lipinski definition) is 3. The minimum Gasteiger partial charge on any atom is -0.376 e. The molecule has 3 rings (SSSR count). The molecule has 0 aromatic heterocycles. The SMILES string of the molecule is Cc1cccc(C)c1NC(=O)C[NH+]1CCN(C(=S)NC[C@H]2CCCO2)CC1. The standard InChI is InChI=1S/C20H30N4O2S/c1-15-5-3-6-16(2)19(15)22-18(25)14-23-8-10-24(11-9-23)20(27)21-13-17-7-4-12-26-17/h3,5-6,17H,4,7-14H2,1-2H3,(H,21,27)(H,22,25)/p+1/t17-/m1/s1. The molecule has 2 saturated heterocycles. The van der Waals surface area contributed by atoms with Crippen LogP contribution in [0, 0.1) is 13.8 Å². The second-order valence-electron chi connectivity index (χ2n) is 7.55. The lowest BCUT2D eigenvalue weighted by atomic mass is 10.1. The summed E-state index contributed by atoms with van der Waals surface area (Å²) in [4.78, 5) is 16.0. The Hall–Kier alpha value is -1.70. The molecule has 1 amide bonds. The number of rotatable bonds is 5. The molecule has 7 heteroatoms. The van der Waals surface area contributed by atoms with Crippen LogP contribution in [-0.4, -0.2) is 67.9 Å². The van der Waals surface area contributed by atoms with Gasteiger partial charge in [-0.2, -0.15) is 0 Å². The van der Waals surface area contributed by atoms with Crippen molar-refractivity contribution in [1.29, 1.82) is 0 Å². The molecule has 2 aliphatic heterocycles. The number of anilines is 1. The van der Waals surface area contributed by atoms with Crippen molar-refractivity contribution in [1.82, 2.24) is 10.2 Å². The molecule has 148 valence electrons. The van der Waals surface area contributed by atoms with Crippen LogP contribution in [0.2, 0.25) is 0 Å². The molecule has 0 spiro atoms. The predicted octanol–water partition coefficient (Wildman–Crippen LogP) is 0.496. The van der Waals surface area contributed by atoms with Crippen molar-refractivity contribution >= 4 is 28.9 Å². The predicted molar refractivity (Wildman–Crippen MR) is 111 cm³/mol. The number of nitrogens with one attached hydrogen (secondary N) is 3. The quantitative estimate of drug-likeness (QED) is 0.638. The van der Waals surface area contributed by atoms with Gasteiger partial charge < -0.3 is 25.2 Å². The zero-order valence-electron chi connectivity index (χ0n) is 16.3. The van der Waals surface area contributed by atoms with E-state index in [0.717, 1.165) is 74.1 Å². The van der Waals surface area contributed by atoms with Crippen molar-refractivity contribution in [2.24, 2.45) is 0 Å². The molecule has 27 heavy (non-hydrogen) atoms. The number of piperazine rings is 1. The summed E-state index contributed by atoms with van der Waals surface area (Å²) in [6.07, 6.45) is 2.55. The number of aryl methyl sites for hydroxylation is 2. The van der Waals surface area contributed by atoms with Crippen molar-refractivity contribution in [3.05, 3.63) is 29.3 Å². The highest BCUT2D eigenvalue weighted by Gasteiger charge is 2.24. The van der Waals surface area contributed by atoms with Crippen LogP contribution < -0.4 is 15.5 Å². The lowest BCUT2D eigenvalue weighted by molar-refractivity contribution is -0.895. The Kier molecular flexibility index (Phi) is 7.04. The van der Waals surface area contributed by atoms with Gasteiger partial charge in [-0.25, -0.2) is 0 Å². The van der Waals surface area contributed by atoms with Gasteiger partial charge in [0.2, 0.25) is 0 Å². The molecule has 6 nitrogen and oxygen atoms in total. The second-order valence-corrected chi connectivity index (χ2v) is 7.94. The van der Waals surface area contributed by atoms with Gasteiger partial charge in [-0.15, -0.1) is 0 Å². The van der Waals surface area contributed by atoms with E-state index in [9.17, 15) is 4.79 Å². The average molecular weight is 392 g/mol. The largest absolute Gasteiger partial charge is 0.376 e. The Labute approximate surface area is 167 Å². The van der Waals surface area contributed by atoms with Gasteiger partial charge in [0.05, 0.1) is 32.3 Å². The molecule has 2 heterocycles. The Morgan fingerprint density at radius 2 is 2.00 bits per heavy atom. The normalized spacial score (nSPS) is 20.5. The molecule has 1 aromatic carbocycles. The smallest absolute Gasteiger partial charge is 0.279 e. The van der Waals surface area contributed by atoms with E-state index in [1.165, 1.54) is 4.90 Å². The van der Waals surface area contributed by atoms with Gasteiger partial charge in [-0.05, 0) is 50.0 Å².